The summed E-state index contributed by atoms with van der Waals surface area (Å²) in [5.41, 5.74) is 1.96. The van der Waals surface area contributed by atoms with Crippen molar-refractivity contribution in [1.29, 1.82) is 0 Å². The van der Waals surface area contributed by atoms with E-state index in [1.165, 1.54) is 28.3 Å². The van der Waals surface area contributed by atoms with Crippen molar-refractivity contribution in [3.05, 3.63) is 29.8 Å². The lowest BCUT2D eigenvalue weighted by Gasteiger charge is -2.32. The third kappa shape index (κ3) is 4.31. The number of aryl methyl sites for hydroxylation is 1. The van der Waals surface area contributed by atoms with E-state index in [1.807, 2.05) is 24.3 Å². The molecule has 2 rings (SSSR count). The number of nitrogens with zero attached hydrogens (tertiary/aromatic N) is 2. The van der Waals surface area contributed by atoms with Gasteiger partial charge in [0.2, 0.25) is 5.91 Å². The Morgan fingerprint density at radius 2 is 1.96 bits per heavy atom. The van der Waals surface area contributed by atoms with Gasteiger partial charge in [0.25, 0.3) is 10.2 Å². The molecule has 0 aliphatic carbocycles. The molecule has 0 aromatic heterocycles. The zero-order valence-electron chi connectivity index (χ0n) is 13.9. The van der Waals surface area contributed by atoms with Gasteiger partial charge in [-0.3, -0.25) is 4.79 Å². The first-order valence-corrected chi connectivity index (χ1v) is 9.31. The lowest BCUT2D eigenvalue weighted by molar-refractivity contribution is -0.120. The van der Waals surface area contributed by atoms with Crippen LogP contribution in [0.25, 0.3) is 0 Å². The summed E-state index contributed by atoms with van der Waals surface area (Å²) in [7, 11) is -0.445. The maximum atomic E-state index is 12.4. The summed E-state index contributed by atoms with van der Waals surface area (Å²) < 4.78 is 27.0. The van der Waals surface area contributed by atoms with Gasteiger partial charge in [-0.05, 0) is 37.0 Å². The number of carbonyl (C=O) groups excluding carboxylic acids is 1. The van der Waals surface area contributed by atoms with E-state index in [0.29, 0.717) is 19.4 Å². The van der Waals surface area contributed by atoms with Crippen LogP contribution in [0.4, 0.5) is 5.69 Å². The quantitative estimate of drug-likeness (QED) is 0.888. The van der Waals surface area contributed by atoms with E-state index in [2.05, 4.69) is 12.2 Å². The number of carbonyl (C=O) groups is 1. The third-order valence-electron chi connectivity index (χ3n) is 4.17. The minimum absolute atomic E-state index is 0.118. The lowest BCUT2D eigenvalue weighted by Crippen LogP contribution is -2.47. The van der Waals surface area contributed by atoms with Crippen LogP contribution in [0.2, 0.25) is 0 Å². The van der Waals surface area contributed by atoms with Crippen LogP contribution in [0.5, 0.6) is 0 Å². The Balaban J connectivity index is 2.01. The molecule has 1 aliphatic rings. The fraction of sp³-hybridized carbons (Fsp3) is 0.562. The molecular weight excluding hydrogens is 314 g/mol. The first-order chi connectivity index (χ1) is 10.8. The van der Waals surface area contributed by atoms with Crippen LogP contribution in [0.3, 0.4) is 0 Å². The Hall–Kier alpha value is -1.44. The van der Waals surface area contributed by atoms with E-state index >= 15 is 0 Å². The van der Waals surface area contributed by atoms with E-state index in [-0.39, 0.29) is 18.4 Å². The highest BCUT2D eigenvalue weighted by Crippen LogP contribution is 2.22. The van der Waals surface area contributed by atoms with Crippen molar-refractivity contribution in [2.24, 2.45) is 5.92 Å². The van der Waals surface area contributed by atoms with Crippen molar-refractivity contribution >= 4 is 21.8 Å². The molecule has 1 atom stereocenters. The highest BCUT2D eigenvalue weighted by Gasteiger charge is 2.33. The number of hydrogen-bond donors (Lipinski definition) is 1. The standard InChI is InChI=1S/C16H25N3O3S/c1-4-13-7-9-15(10-8-13)17-16(20)14-6-5-11-19(12-14)23(21,22)18(2)3/h7-10,14H,4-6,11-12H2,1-3H3,(H,17,20)/t14-/m0/s1. The van der Waals surface area contributed by atoms with Gasteiger partial charge < -0.3 is 5.32 Å². The van der Waals surface area contributed by atoms with E-state index < -0.39 is 10.2 Å². The minimum Gasteiger partial charge on any atom is -0.326 e. The molecule has 0 spiro atoms. The second-order valence-electron chi connectivity index (χ2n) is 6.03. The van der Waals surface area contributed by atoms with Crippen molar-refractivity contribution < 1.29 is 13.2 Å². The Bertz CT molecular complexity index is 641. The van der Waals surface area contributed by atoms with Gasteiger partial charge in [-0.25, -0.2) is 0 Å². The van der Waals surface area contributed by atoms with Gasteiger partial charge in [-0.15, -0.1) is 0 Å². The van der Waals surface area contributed by atoms with Crippen LogP contribution in [0, 0.1) is 5.92 Å². The summed E-state index contributed by atoms with van der Waals surface area (Å²) in [5.74, 6) is -0.433. The summed E-state index contributed by atoms with van der Waals surface area (Å²) in [4.78, 5) is 12.4. The summed E-state index contributed by atoms with van der Waals surface area (Å²) in [6.07, 6.45) is 2.35. The molecule has 0 radical (unpaired) electrons. The molecule has 1 heterocycles. The number of anilines is 1. The van der Waals surface area contributed by atoms with E-state index in [4.69, 9.17) is 0 Å². The van der Waals surface area contributed by atoms with Crippen molar-refractivity contribution in [3.63, 3.8) is 0 Å². The molecule has 0 unspecified atom stereocenters. The molecule has 1 aromatic rings. The predicted molar refractivity (Wildman–Crippen MR) is 91.4 cm³/mol. The first kappa shape index (κ1) is 17.9. The minimum atomic E-state index is -3.46. The van der Waals surface area contributed by atoms with Crippen molar-refractivity contribution in [2.75, 3.05) is 32.5 Å². The Kier molecular flexibility index (Phi) is 5.78. The van der Waals surface area contributed by atoms with Gasteiger partial charge in [0.1, 0.15) is 0 Å². The van der Waals surface area contributed by atoms with Gasteiger partial charge in [0.05, 0.1) is 5.92 Å². The van der Waals surface area contributed by atoms with Crippen molar-refractivity contribution in [3.8, 4) is 0 Å². The molecule has 1 N–H and O–H groups in total. The number of amides is 1. The summed E-state index contributed by atoms with van der Waals surface area (Å²) >= 11 is 0. The summed E-state index contributed by atoms with van der Waals surface area (Å²) in [6.45, 7) is 2.78. The molecule has 1 amide bonds. The third-order valence-corrected chi connectivity index (χ3v) is 6.08. The summed E-state index contributed by atoms with van der Waals surface area (Å²) in [5, 5.41) is 2.89. The smallest absolute Gasteiger partial charge is 0.281 e. The molecular formula is C16H25N3O3S. The molecule has 1 aliphatic heterocycles. The molecule has 0 saturated carbocycles. The number of hydrogen-bond acceptors (Lipinski definition) is 3. The number of benzene rings is 1. The van der Waals surface area contributed by atoms with Crippen molar-refractivity contribution in [2.45, 2.75) is 26.2 Å². The zero-order chi connectivity index (χ0) is 17.0. The molecule has 1 aromatic carbocycles. The Morgan fingerprint density at radius 3 is 2.52 bits per heavy atom. The topological polar surface area (TPSA) is 69.7 Å². The second-order valence-corrected chi connectivity index (χ2v) is 8.17. The molecule has 1 fully saturated rings. The van der Waals surface area contributed by atoms with Crippen LogP contribution in [-0.2, 0) is 21.4 Å². The van der Waals surface area contributed by atoms with E-state index in [1.54, 1.807) is 0 Å². The van der Waals surface area contributed by atoms with Crippen LogP contribution < -0.4 is 5.32 Å². The van der Waals surface area contributed by atoms with Gasteiger partial charge in [-0.1, -0.05) is 19.1 Å². The highest BCUT2D eigenvalue weighted by atomic mass is 32.2. The molecule has 23 heavy (non-hydrogen) atoms. The largest absolute Gasteiger partial charge is 0.326 e. The number of piperidine rings is 1. The van der Waals surface area contributed by atoms with Gasteiger partial charge >= 0.3 is 0 Å². The molecule has 1 saturated heterocycles. The van der Waals surface area contributed by atoms with E-state index in [9.17, 15) is 13.2 Å². The second kappa shape index (κ2) is 7.42. The van der Waals surface area contributed by atoms with E-state index in [0.717, 1.165) is 12.1 Å². The Morgan fingerprint density at radius 1 is 1.30 bits per heavy atom. The van der Waals surface area contributed by atoms with Crippen molar-refractivity contribution in [1.82, 2.24) is 8.61 Å². The van der Waals surface area contributed by atoms with Crippen LogP contribution in [0.15, 0.2) is 24.3 Å². The average molecular weight is 339 g/mol. The predicted octanol–water partition coefficient (Wildman–Crippen LogP) is 1.71. The fourth-order valence-corrected chi connectivity index (χ4v) is 3.86. The molecule has 128 valence electrons. The van der Waals surface area contributed by atoms with Gasteiger partial charge in [0, 0.05) is 32.9 Å². The maximum absolute atomic E-state index is 12.4. The Labute approximate surface area is 138 Å². The summed E-state index contributed by atoms with van der Waals surface area (Å²) in [6, 6.07) is 7.74. The van der Waals surface area contributed by atoms with Gasteiger partial charge in [-0.2, -0.15) is 17.0 Å². The first-order valence-electron chi connectivity index (χ1n) is 7.92. The average Bonchev–Trinajstić information content (AvgIpc) is 2.55. The highest BCUT2D eigenvalue weighted by molar-refractivity contribution is 7.86. The molecule has 0 bridgehead atoms. The maximum Gasteiger partial charge on any atom is 0.281 e. The molecule has 6 nitrogen and oxygen atoms in total. The number of nitrogens with one attached hydrogen (secondary N) is 1. The fourth-order valence-electron chi connectivity index (χ4n) is 2.67. The monoisotopic (exact) mass is 339 g/mol. The van der Waals surface area contributed by atoms with Crippen LogP contribution >= 0.6 is 0 Å². The van der Waals surface area contributed by atoms with Gasteiger partial charge in [0.15, 0.2) is 0 Å². The lowest BCUT2D eigenvalue weighted by atomic mass is 9.98. The SMILES string of the molecule is CCc1ccc(NC(=O)[C@H]2CCCN(S(=O)(=O)N(C)C)C2)cc1. The molecule has 7 heteroatoms. The normalized spacial score (nSPS) is 19.7. The number of rotatable bonds is 5. The zero-order valence-corrected chi connectivity index (χ0v) is 14.8. The van der Waals surface area contributed by atoms with Crippen LogP contribution in [-0.4, -0.2) is 50.1 Å². The van der Waals surface area contributed by atoms with Crippen LogP contribution in [0.1, 0.15) is 25.3 Å².